The molecule has 0 atom stereocenters. The van der Waals surface area contributed by atoms with Crippen LogP contribution in [0, 0.1) is 29.5 Å². The molecule has 1 aliphatic rings. The van der Waals surface area contributed by atoms with Gasteiger partial charge in [-0.15, -0.1) is 0 Å². The fourth-order valence-corrected chi connectivity index (χ4v) is 3.85. The van der Waals surface area contributed by atoms with E-state index in [9.17, 15) is 4.39 Å². The van der Waals surface area contributed by atoms with Gasteiger partial charge in [0.2, 0.25) is 0 Å². The van der Waals surface area contributed by atoms with E-state index >= 15 is 0 Å². The average molecular weight is 355 g/mol. The molecule has 0 aromatic heterocycles. The molecule has 1 aromatic rings. The number of halogens is 1. The van der Waals surface area contributed by atoms with E-state index in [0.29, 0.717) is 11.5 Å². The van der Waals surface area contributed by atoms with Crippen molar-refractivity contribution >= 4 is 0 Å². The van der Waals surface area contributed by atoms with Gasteiger partial charge < -0.3 is 0 Å². The Balaban J connectivity index is 1.77. The van der Waals surface area contributed by atoms with Crippen LogP contribution in [0.2, 0.25) is 0 Å². The highest BCUT2D eigenvalue weighted by atomic mass is 19.1. The SMILES string of the molecule is CCCCCC1CCC(/C=C/C#Cc2ccc(CCCC)cc2F)CC1. The van der Waals surface area contributed by atoms with Crippen molar-refractivity contribution in [3.05, 3.63) is 47.3 Å². The molecule has 2 rings (SSSR count). The van der Waals surface area contributed by atoms with Crippen LogP contribution < -0.4 is 0 Å². The second-order valence-corrected chi connectivity index (χ2v) is 7.82. The maximum absolute atomic E-state index is 14.1. The maximum Gasteiger partial charge on any atom is 0.139 e. The highest BCUT2D eigenvalue weighted by Crippen LogP contribution is 2.32. The molecule has 1 saturated carbocycles. The maximum atomic E-state index is 14.1. The van der Waals surface area contributed by atoms with Crippen molar-refractivity contribution in [3.8, 4) is 11.8 Å². The summed E-state index contributed by atoms with van der Waals surface area (Å²) in [6.45, 7) is 4.43. The second-order valence-electron chi connectivity index (χ2n) is 7.82. The van der Waals surface area contributed by atoms with E-state index in [1.54, 1.807) is 6.07 Å². The molecule has 0 radical (unpaired) electrons. The number of benzene rings is 1. The van der Waals surface area contributed by atoms with Crippen LogP contribution in [-0.2, 0) is 6.42 Å². The molecule has 0 bridgehead atoms. The van der Waals surface area contributed by atoms with Gasteiger partial charge >= 0.3 is 0 Å². The number of allylic oxidation sites excluding steroid dienone is 2. The predicted octanol–water partition coefficient (Wildman–Crippen LogP) is 7.46. The van der Waals surface area contributed by atoms with Crippen molar-refractivity contribution in [2.75, 3.05) is 0 Å². The Morgan fingerprint density at radius 3 is 2.50 bits per heavy atom. The molecule has 142 valence electrons. The smallest absolute Gasteiger partial charge is 0.139 e. The summed E-state index contributed by atoms with van der Waals surface area (Å²) in [7, 11) is 0. The fourth-order valence-electron chi connectivity index (χ4n) is 3.85. The van der Waals surface area contributed by atoms with Crippen molar-refractivity contribution in [1.82, 2.24) is 0 Å². The molecule has 0 heterocycles. The minimum atomic E-state index is -0.188. The van der Waals surface area contributed by atoms with Gasteiger partial charge in [-0.1, -0.05) is 69.9 Å². The monoisotopic (exact) mass is 354 g/mol. The number of aryl methyl sites for hydroxylation is 1. The van der Waals surface area contributed by atoms with E-state index in [-0.39, 0.29) is 5.82 Å². The van der Waals surface area contributed by atoms with Gasteiger partial charge in [-0.2, -0.15) is 0 Å². The summed E-state index contributed by atoms with van der Waals surface area (Å²) in [6.07, 6.45) is 18.2. The minimum absolute atomic E-state index is 0.188. The number of hydrogen-bond donors (Lipinski definition) is 0. The van der Waals surface area contributed by atoms with Gasteiger partial charge in [0.05, 0.1) is 5.56 Å². The van der Waals surface area contributed by atoms with E-state index in [2.05, 4.69) is 31.8 Å². The molecule has 0 nitrogen and oxygen atoms in total. The minimum Gasteiger partial charge on any atom is -0.206 e. The second kappa shape index (κ2) is 11.9. The molecular formula is C25H35F. The first-order valence-electron chi connectivity index (χ1n) is 10.7. The van der Waals surface area contributed by atoms with Gasteiger partial charge in [-0.25, -0.2) is 4.39 Å². The van der Waals surface area contributed by atoms with E-state index in [0.717, 1.165) is 30.7 Å². The van der Waals surface area contributed by atoms with Crippen LogP contribution in [0.3, 0.4) is 0 Å². The van der Waals surface area contributed by atoms with Crippen molar-refractivity contribution < 1.29 is 4.39 Å². The fraction of sp³-hybridized carbons (Fsp3) is 0.600. The topological polar surface area (TPSA) is 0 Å². The third kappa shape index (κ3) is 7.36. The molecule has 0 spiro atoms. The Kier molecular flexibility index (Phi) is 9.54. The van der Waals surface area contributed by atoms with Crippen molar-refractivity contribution in [1.29, 1.82) is 0 Å². The normalized spacial score (nSPS) is 20.1. The Hall–Kier alpha value is -1.55. The number of unbranched alkanes of at least 4 members (excludes halogenated alkanes) is 3. The molecular weight excluding hydrogens is 319 g/mol. The summed E-state index contributed by atoms with van der Waals surface area (Å²) in [6, 6.07) is 5.47. The average Bonchev–Trinajstić information content (AvgIpc) is 2.66. The lowest BCUT2D eigenvalue weighted by Crippen LogP contribution is -2.12. The molecule has 0 amide bonds. The Bertz CT molecular complexity index is 609. The molecule has 1 aliphatic carbocycles. The Morgan fingerprint density at radius 1 is 1.04 bits per heavy atom. The van der Waals surface area contributed by atoms with Crippen LogP contribution in [-0.4, -0.2) is 0 Å². The van der Waals surface area contributed by atoms with E-state index < -0.39 is 0 Å². The Morgan fingerprint density at radius 2 is 1.81 bits per heavy atom. The van der Waals surface area contributed by atoms with Crippen LogP contribution in [0.1, 0.15) is 89.2 Å². The standard InChI is InChI=1S/C25H35F/c1-3-5-7-11-21-14-16-22(17-15-21)12-8-9-13-24-19-18-23(10-6-4-2)20-25(24)26/h8,12,18-22H,3-7,10-11,14-17H2,1-2H3/b12-8+. The van der Waals surface area contributed by atoms with Gasteiger partial charge in [0.25, 0.3) is 0 Å². The van der Waals surface area contributed by atoms with Crippen LogP contribution in [0.25, 0.3) is 0 Å². The number of hydrogen-bond acceptors (Lipinski definition) is 0. The van der Waals surface area contributed by atoms with Crippen LogP contribution in [0.15, 0.2) is 30.4 Å². The molecule has 26 heavy (non-hydrogen) atoms. The lowest BCUT2D eigenvalue weighted by molar-refractivity contribution is 0.289. The zero-order valence-corrected chi connectivity index (χ0v) is 16.7. The van der Waals surface area contributed by atoms with Crippen LogP contribution >= 0.6 is 0 Å². The summed E-state index contributed by atoms with van der Waals surface area (Å²) in [5.41, 5.74) is 1.58. The first-order chi connectivity index (χ1) is 12.7. The molecule has 1 fully saturated rings. The summed E-state index contributed by atoms with van der Waals surface area (Å²) >= 11 is 0. The van der Waals surface area contributed by atoms with Gasteiger partial charge in [-0.3, -0.25) is 0 Å². The highest BCUT2D eigenvalue weighted by Gasteiger charge is 2.18. The van der Waals surface area contributed by atoms with Crippen LogP contribution in [0.5, 0.6) is 0 Å². The van der Waals surface area contributed by atoms with Gasteiger partial charge in [-0.05, 0) is 74.1 Å². The summed E-state index contributed by atoms with van der Waals surface area (Å²) < 4.78 is 14.1. The lowest BCUT2D eigenvalue weighted by Gasteiger charge is -2.26. The Labute approximate surface area is 160 Å². The molecule has 1 heteroatoms. The molecule has 0 aliphatic heterocycles. The first kappa shape index (κ1) is 20.8. The first-order valence-corrected chi connectivity index (χ1v) is 10.7. The van der Waals surface area contributed by atoms with Gasteiger partial charge in [0.15, 0.2) is 0 Å². The summed E-state index contributed by atoms with van der Waals surface area (Å²) in [4.78, 5) is 0. The highest BCUT2D eigenvalue weighted by molar-refractivity contribution is 5.39. The quantitative estimate of drug-likeness (QED) is 0.335. The molecule has 0 N–H and O–H groups in total. The third-order valence-electron chi connectivity index (χ3n) is 5.62. The molecule has 1 aromatic carbocycles. The van der Waals surface area contributed by atoms with Crippen molar-refractivity contribution in [2.45, 2.75) is 84.5 Å². The van der Waals surface area contributed by atoms with Crippen molar-refractivity contribution in [2.24, 2.45) is 11.8 Å². The largest absolute Gasteiger partial charge is 0.206 e. The summed E-state index contributed by atoms with van der Waals surface area (Å²) in [5.74, 6) is 7.42. The zero-order valence-electron chi connectivity index (χ0n) is 16.7. The van der Waals surface area contributed by atoms with E-state index in [4.69, 9.17) is 0 Å². The van der Waals surface area contributed by atoms with Gasteiger partial charge in [0, 0.05) is 0 Å². The predicted molar refractivity (Wildman–Crippen MR) is 111 cm³/mol. The van der Waals surface area contributed by atoms with Gasteiger partial charge in [0.1, 0.15) is 5.82 Å². The summed E-state index contributed by atoms with van der Waals surface area (Å²) in [5, 5.41) is 0. The van der Waals surface area contributed by atoms with Crippen LogP contribution in [0.4, 0.5) is 4.39 Å². The zero-order chi connectivity index (χ0) is 18.6. The lowest BCUT2D eigenvalue weighted by atomic mass is 9.79. The number of rotatable bonds is 8. The molecule has 0 saturated heterocycles. The molecule has 0 unspecified atom stereocenters. The van der Waals surface area contributed by atoms with E-state index in [1.807, 2.05) is 18.2 Å². The van der Waals surface area contributed by atoms with Crippen molar-refractivity contribution in [3.63, 3.8) is 0 Å². The van der Waals surface area contributed by atoms with E-state index in [1.165, 1.54) is 51.4 Å². The third-order valence-corrected chi connectivity index (χ3v) is 5.62.